The lowest BCUT2D eigenvalue weighted by atomic mass is 10.0. The second-order valence-electron chi connectivity index (χ2n) is 6.33. The molecule has 1 saturated heterocycles. The number of hydrogen-bond acceptors (Lipinski definition) is 4. The summed E-state index contributed by atoms with van der Waals surface area (Å²) in [7, 11) is 0. The normalized spacial score (nSPS) is 22.1. The van der Waals surface area contributed by atoms with Crippen molar-refractivity contribution in [2.24, 2.45) is 0 Å². The number of hydrogen-bond donors (Lipinski definition) is 2. The van der Waals surface area contributed by atoms with Gasteiger partial charge in [0.25, 0.3) is 0 Å². The zero-order valence-electron chi connectivity index (χ0n) is 12.9. The van der Waals surface area contributed by atoms with E-state index >= 15 is 0 Å². The zero-order valence-corrected chi connectivity index (χ0v) is 12.9. The van der Waals surface area contributed by atoms with Crippen molar-refractivity contribution in [2.45, 2.75) is 51.2 Å². The molecule has 20 heavy (non-hydrogen) atoms. The lowest BCUT2D eigenvalue weighted by Crippen LogP contribution is -2.60. The van der Waals surface area contributed by atoms with Crippen molar-refractivity contribution in [3.8, 4) is 0 Å². The molecule has 1 amide bonds. The fraction of sp³-hybridized carbons (Fsp3) is 0.933. The van der Waals surface area contributed by atoms with Gasteiger partial charge in [0, 0.05) is 32.7 Å². The third kappa shape index (κ3) is 4.17. The molecular weight excluding hydrogens is 254 g/mol. The Bertz CT molecular complexity index is 308. The van der Waals surface area contributed by atoms with Crippen LogP contribution < -0.4 is 10.6 Å². The van der Waals surface area contributed by atoms with E-state index in [2.05, 4.69) is 15.5 Å². The van der Waals surface area contributed by atoms with E-state index < -0.39 is 5.54 Å². The Balaban J connectivity index is 1.66. The van der Waals surface area contributed by atoms with Crippen LogP contribution in [0.15, 0.2) is 0 Å². The molecule has 5 nitrogen and oxygen atoms in total. The zero-order chi connectivity index (χ0) is 14.4. The predicted molar refractivity (Wildman–Crippen MR) is 79.7 cm³/mol. The van der Waals surface area contributed by atoms with Crippen molar-refractivity contribution >= 4 is 5.91 Å². The molecule has 0 aromatic carbocycles. The van der Waals surface area contributed by atoms with E-state index in [1.54, 1.807) is 0 Å². The molecule has 2 aliphatic rings. The van der Waals surface area contributed by atoms with E-state index in [1.807, 2.05) is 13.8 Å². The molecule has 0 aromatic heterocycles. The Hall–Kier alpha value is -0.650. The van der Waals surface area contributed by atoms with Crippen LogP contribution in [0.4, 0.5) is 0 Å². The van der Waals surface area contributed by atoms with Crippen LogP contribution in [0.1, 0.15) is 39.5 Å². The Morgan fingerprint density at radius 2 is 1.95 bits per heavy atom. The highest BCUT2D eigenvalue weighted by atomic mass is 16.5. The van der Waals surface area contributed by atoms with Crippen LogP contribution in [-0.4, -0.2) is 61.8 Å². The van der Waals surface area contributed by atoms with Crippen molar-refractivity contribution < 1.29 is 9.53 Å². The molecule has 2 N–H and O–H groups in total. The van der Waals surface area contributed by atoms with Crippen LogP contribution in [0, 0.1) is 0 Å². The van der Waals surface area contributed by atoms with Crippen LogP contribution in [0.25, 0.3) is 0 Å². The number of rotatable bonds is 6. The Kier molecular flexibility index (Phi) is 5.81. The van der Waals surface area contributed by atoms with Gasteiger partial charge in [0.2, 0.25) is 5.91 Å². The topological polar surface area (TPSA) is 53.6 Å². The van der Waals surface area contributed by atoms with Crippen molar-refractivity contribution in [1.29, 1.82) is 0 Å². The average Bonchev–Trinajstić information content (AvgIpc) is 2.97. The van der Waals surface area contributed by atoms with Gasteiger partial charge < -0.3 is 15.4 Å². The third-order valence-corrected chi connectivity index (χ3v) is 4.51. The van der Waals surface area contributed by atoms with Crippen molar-refractivity contribution in [2.75, 3.05) is 39.3 Å². The molecule has 2 fully saturated rings. The molecular formula is C15H29N3O2. The number of nitrogens with zero attached hydrogens (tertiary/aromatic N) is 1. The smallest absolute Gasteiger partial charge is 0.240 e. The number of nitrogens with one attached hydrogen (secondary N) is 2. The number of ether oxygens (including phenoxy) is 1. The number of amides is 1. The Labute approximate surface area is 122 Å². The summed E-state index contributed by atoms with van der Waals surface area (Å²) in [5, 5.41) is 6.33. The molecule has 116 valence electrons. The quantitative estimate of drug-likeness (QED) is 0.706. The molecule has 0 atom stereocenters. The maximum absolute atomic E-state index is 12.3. The minimum Gasteiger partial charge on any atom is -0.376 e. The summed E-state index contributed by atoms with van der Waals surface area (Å²) in [6.45, 7) is 9.04. The van der Waals surface area contributed by atoms with Crippen LogP contribution in [-0.2, 0) is 9.53 Å². The van der Waals surface area contributed by atoms with E-state index in [1.165, 1.54) is 25.7 Å². The van der Waals surface area contributed by atoms with Crippen molar-refractivity contribution in [1.82, 2.24) is 15.5 Å². The first kappa shape index (κ1) is 15.7. The number of carbonyl (C=O) groups is 1. The number of piperazine rings is 1. The monoisotopic (exact) mass is 283 g/mol. The minimum atomic E-state index is -0.435. The molecule has 1 aliphatic heterocycles. The van der Waals surface area contributed by atoms with Crippen LogP contribution in [0.2, 0.25) is 0 Å². The van der Waals surface area contributed by atoms with E-state index in [0.29, 0.717) is 19.3 Å². The van der Waals surface area contributed by atoms with Gasteiger partial charge in [-0.2, -0.15) is 0 Å². The van der Waals surface area contributed by atoms with E-state index in [4.69, 9.17) is 4.74 Å². The first-order chi connectivity index (χ1) is 9.60. The predicted octanol–water partition coefficient (Wildman–Crippen LogP) is 0.746. The summed E-state index contributed by atoms with van der Waals surface area (Å²) < 4.78 is 5.77. The first-order valence-corrected chi connectivity index (χ1v) is 7.96. The highest BCUT2D eigenvalue weighted by Crippen LogP contribution is 2.20. The highest BCUT2D eigenvalue weighted by Gasteiger charge is 2.34. The summed E-state index contributed by atoms with van der Waals surface area (Å²) >= 11 is 0. The maximum atomic E-state index is 12.3. The minimum absolute atomic E-state index is 0.106. The summed E-state index contributed by atoms with van der Waals surface area (Å²) in [4.78, 5) is 14.6. The summed E-state index contributed by atoms with van der Waals surface area (Å²) in [5.74, 6) is 0.106. The lowest BCUT2D eigenvalue weighted by molar-refractivity contribution is -0.132. The molecule has 2 rings (SSSR count). The van der Waals surface area contributed by atoms with Gasteiger partial charge in [0.15, 0.2) is 0 Å². The highest BCUT2D eigenvalue weighted by molar-refractivity contribution is 5.85. The first-order valence-electron chi connectivity index (χ1n) is 7.96. The van der Waals surface area contributed by atoms with E-state index in [9.17, 15) is 4.79 Å². The molecule has 0 aromatic rings. The van der Waals surface area contributed by atoms with Gasteiger partial charge in [-0.15, -0.1) is 0 Å². The van der Waals surface area contributed by atoms with Crippen molar-refractivity contribution in [3.05, 3.63) is 0 Å². The summed E-state index contributed by atoms with van der Waals surface area (Å²) in [5.41, 5.74) is -0.435. The van der Waals surface area contributed by atoms with Gasteiger partial charge in [-0.3, -0.25) is 9.69 Å². The molecule has 0 spiro atoms. The second kappa shape index (κ2) is 7.38. The van der Waals surface area contributed by atoms with Gasteiger partial charge in [0.05, 0.1) is 18.2 Å². The molecule has 0 unspecified atom stereocenters. The van der Waals surface area contributed by atoms with Crippen LogP contribution in [0.3, 0.4) is 0 Å². The largest absolute Gasteiger partial charge is 0.376 e. The fourth-order valence-corrected chi connectivity index (χ4v) is 3.03. The van der Waals surface area contributed by atoms with Crippen molar-refractivity contribution in [3.63, 3.8) is 0 Å². The third-order valence-electron chi connectivity index (χ3n) is 4.51. The average molecular weight is 283 g/mol. The SMILES string of the molecule is CC(C)(C(=O)NCCOC1CCCC1)N1CCNCC1. The van der Waals surface area contributed by atoms with Gasteiger partial charge in [-0.05, 0) is 26.7 Å². The summed E-state index contributed by atoms with van der Waals surface area (Å²) in [6.07, 6.45) is 5.36. The molecule has 0 radical (unpaired) electrons. The molecule has 1 heterocycles. The van der Waals surface area contributed by atoms with E-state index in [0.717, 1.165) is 26.2 Å². The molecule has 1 aliphatic carbocycles. The number of carbonyl (C=O) groups excluding carboxylic acids is 1. The second-order valence-corrected chi connectivity index (χ2v) is 6.33. The molecule has 0 bridgehead atoms. The van der Waals surface area contributed by atoms with Gasteiger partial charge in [-0.25, -0.2) is 0 Å². The van der Waals surface area contributed by atoms with Gasteiger partial charge >= 0.3 is 0 Å². The summed E-state index contributed by atoms with van der Waals surface area (Å²) in [6, 6.07) is 0. The van der Waals surface area contributed by atoms with E-state index in [-0.39, 0.29) is 5.91 Å². The fourth-order valence-electron chi connectivity index (χ4n) is 3.03. The standard InChI is InChI=1S/C15H29N3O2/c1-15(2,18-10-7-16-8-11-18)14(19)17-9-12-20-13-5-3-4-6-13/h13,16H,3-12H2,1-2H3,(H,17,19). The van der Waals surface area contributed by atoms with Gasteiger partial charge in [-0.1, -0.05) is 12.8 Å². The van der Waals surface area contributed by atoms with Crippen LogP contribution in [0.5, 0.6) is 0 Å². The Morgan fingerprint density at radius 3 is 2.60 bits per heavy atom. The molecule has 5 heteroatoms. The maximum Gasteiger partial charge on any atom is 0.240 e. The molecule has 1 saturated carbocycles. The van der Waals surface area contributed by atoms with Gasteiger partial charge in [0.1, 0.15) is 0 Å². The lowest BCUT2D eigenvalue weighted by Gasteiger charge is -2.39. The van der Waals surface area contributed by atoms with Crippen LogP contribution >= 0.6 is 0 Å². The Morgan fingerprint density at radius 1 is 1.30 bits per heavy atom.